The van der Waals surface area contributed by atoms with Crippen molar-refractivity contribution in [2.45, 2.75) is 37.0 Å². The van der Waals surface area contributed by atoms with Crippen LogP contribution in [0.15, 0.2) is 0 Å². The SMILES string of the molecule is O=C(CCl)N1[C@@H]2C[C@H]3C4C2[C@H](C[C@H]4N(C(=O)CCl)N3C(=O)CCl)N1C(=O)CCl. The lowest BCUT2D eigenvalue weighted by molar-refractivity contribution is -0.169. The maximum absolute atomic E-state index is 12.5. The van der Waals surface area contributed by atoms with E-state index >= 15 is 0 Å². The summed E-state index contributed by atoms with van der Waals surface area (Å²) in [5, 5.41) is 5.72. The Morgan fingerprint density at radius 2 is 0.750 bits per heavy atom. The van der Waals surface area contributed by atoms with Crippen LogP contribution in [0.2, 0.25) is 0 Å². The molecule has 2 aliphatic carbocycles. The predicted molar refractivity (Wildman–Crippen MR) is 102 cm³/mol. The van der Waals surface area contributed by atoms with Gasteiger partial charge in [-0.25, -0.2) is 20.0 Å². The molecule has 0 N–H and O–H groups in total. The zero-order valence-corrected chi connectivity index (χ0v) is 17.7. The van der Waals surface area contributed by atoms with Crippen LogP contribution in [-0.2, 0) is 19.2 Å². The summed E-state index contributed by atoms with van der Waals surface area (Å²) in [6.07, 6.45) is 0.872. The van der Waals surface area contributed by atoms with E-state index < -0.39 is 0 Å². The predicted octanol–water partition coefficient (Wildman–Crippen LogP) is 0.627. The van der Waals surface area contributed by atoms with Gasteiger partial charge in [-0.2, -0.15) is 0 Å². The van der Waals surface area contributed by atoms with Gasteiger partial charge in [-0.05, 0) is 12.8 Å². The summed E-state index contributed by atoms with van der Waals surface area (Å²) in [4.78, 5) is 50.1. The van der Waals surface area contributed by atoms with Crippen molar-refractivity contribution in [2.75, 3.05) is 23.5 Å². The molecule has 4 fully saturated rings. The van der Waals surface area contributed by atoms with Crippen molar-refractivity contribution in [2.24, 2.45) is 11.8 Å². The van der Waals surface area contributed by atoms with E-state index in [-0.39, 0.29) is 83.2 Å². The molecule has 28 heavy (non-hydrogen) atoms. The number of hydrazine groups is 2. The normalized spacial score (nSPS) is 35.0. The van der Waals surface area contributed by atoms with Gasteiger partial charge in [0.25, 0.3) is 23.6 Å². The number of rotatable bonds is 4. The van der Waals surface area contributed by atoms with Crippen molar-refractivity contribution in [3.8, 4) is 0 Å². The van der Waals surface area contributed by atoms with Crippen molar-refractivity contribution in [3.05, 3.63) is 0 Å². The Morgan fingerprint density at radius 1 is 0.536 bits per heavy atom. The average molecular weight is 472 g/mol. The fourth-order valence-electron chi connectivity index (χ4n) is 5.82. The van der Waals surface area contributed by atoms with Gasteiger partial charge in [-0.3, -0.25) is 19.2 Å². The monoisotopic (exact) mass is 470 g/mol. The molecule has 8 nitrogen and oxygen atoms in total. The molecule has 2 heterocycles. The minimum atomic E-state index is -0.375. The van der Waals surface area contributed by atoms with Crippen molar-refractivity contribution in [3.63, 3.8) is 0 Å². The summed E-state index contributed by atoms with van der Waals surface area (Å²) in [6.45, 7) is 0. The summed E-state index contributed by atoms with van der Waals surface area (Å²) >= 11 is 23.2. The van der Waals surface area contributed by atoms with Crippen LogP contribution in [0.4, 0.5) is 0 Å². The lowest BCUT2D eigenvalue weighted by atomic mass is 9.93. The molecule has 0 aromatic carbocycles. The second-order valence-corrected chi connectivity index (χ2v) is 8.45. The maximum Gasteiger partial charge on any atom is 0.256 e. The molecule has 2 saturated carbocycles. The van der Waals surface area contributed by atoms with E-state index in [1.165, 1.54) is 20.0 Å². The van der Waals surface area contributed by atoms with Crippen LogP contribution in [-0.4, -0.2) is 91.4 Å². The number of amides is 4. The van der Waals surface area contributed by atoms with Gasteiger partial charge in [0, 0.05) is 11.8 Å². The fourth-order valence-corrected chi connectivity index (χ4v) is 6.31. The van der Waals surface area contributed by atoms with Gasteiger partial charge >= 0.3 is 0 Å². The Hall–Kier alpha value is -0.960. The van der Waals surface area contributed by atoms with Gasteiger partial charge in [0.15, 0.2) is 0 Å². The van der Waals surface area contributed by atoms with Gasteiger partial charge in [0.05, 0.1) is 24.2 Å². The van der Waals surface area contributed by atoms with Crippen LogP contribution >= 0.6 is 46.4 Å². The first-order valence-corrected chi connectivity index (χ1v) is 11.1. The standard InChI is InChI=1S/C16H18Cl4N4O4/c17-3-11(25)21-7-1-8-16-10(2-9(15(7)16)23(21)13(27)5-19)24(14(28)6-20)22(8)12(26)4-18/h7-10,15-16H,1-6H2/t7-,8+,9+,10-,15?,16?. The van der Waals surface area contributed by atoms with Crippen LogP contribution in [0.1, 0.15) is 12.8 Å². The summed E-state index contributed by atoms with van der Waals surface area (Å²) in [5.74, 6) is -2.67. The molecule has 0 aromatic rings. The minimum Gasteiger partial charge on any atom is -0.272 e. The third kappa shape index (κ3) is 2.57. The molecule has 0 spiro atoms. The maximum atomic E-state index is 12.5. The largest absolute Gasteiger partial charge is 0.272 e. The topological polar surface area (TPSA) is 81.2 Å². The molecule has 4 amide bonds. The summed E-state index contributed by atoms with van der Waals surface area (Å²) < 4.78 is 0. The van der Waals surface area contributed by atoms with Gasteiger partial charge < -0.3 is 0 Å². The first-order valence-electron chi connectivity index (χ1n) is 8.93. The fraction of sp³-hybridized carbons (Fsp3) is 0.750. The van der Waals surface area contributed by atoms with Gasteiger partial charge in [0.1, 0.15) is 23.5 Å². The number of hydrogen-bond donors (Lipinski definition) is 0. The van der Waals surface area contributed by atoms with Crippen molar-refractivity contribution in [1.29, 1.82) is 0 Å². The van der Waals surface area contributed by atoms with Crippen LogP contribution < -0.4 is 0 Å². The molecular weight excluding hydrogens is 454 g/mol. The molecule has 2 saturated heterocycles. The molecule has 2 aliphatic heterocycles. The summed E-state index contributed by atoms with van der Waals surface area (Å²) in [6, 6.07) is -1.10. The zero-order valence-electron chi connectivity index (χ0n) is 14.6. The number of nitrogens with zero attached hydrogens (tertiary/aromatic N) is 4. The highest BCUT2D eigenvalue weighted by atomic mass is 35.5. The molecule has 4 aliphatic rings. The van der Waals surface area contributed by atoms with Gasteiger partial charge in [-0.1, -0.05) is 0 Å². The molecule has 4 rings (SSSR count). The van der Waals surface area contributed by atoms with Crippen LogP contribution in [0.25, 0.3) is 0 Å². The highest BCUT2D eigenvalue weighted by Gasteiger charge is 2.71. The summed E-state index contributed by atoms with van der Waals surface area (Å²) in [5.41, 5.74) is 0. The van der Waals surface area contributed by atoms with E-state index in [4.69, 9.17) is 46.4 Å². The molecule has 0 aromatic heterocycles. The second kappa shape index (κ2) is 7.38. The summed E-state index contributed by atoms with van der Waals surface area (Å²) in [7, 11) is 0. The van der Waals surface area contributed by atoms with E-state index in [1.807, 2.05) is 0 Å². The highest BCUT2D eigenvalue weighted by molar-refractivity contribution is 6.29. The quantitative estimate of drug-likeness (QED) is 0.563. The number of alkyl halides is 4. The zero-order chi connectivity index (χ0) is 20.3. The van der Waals surface area contributed by atoms with E-state index in [1.54, 1.807) is 0 Å². The molecule has 6 atom stereocenters. The first-order chi connectivity index (χ1) is 13.4. The van der Waals surface area contributed by atoms with Crippen LogP contribution in [0, 0.1) is 11.8 Å². The Bertz CT molecular complexity index is 623. The number of hydrogen-bond acceptors (Lipinski definition) is 4. The van der Waals surface area contributed by atoms with Crippen molar-refractivity contribution >= 4 is 70.0 Å². The van der Waals surface area contributed by atoms with E-state index in [9.17, 15) is 19.2 Å². The molecule has 154 valence electrons. The smallest absolute Gasteiger partial charge is 0.256 e. The third-order valence-electron chi connectivity index (χ3n) is 6.39. The molecule has 0 radical (unpaired) electrons. The minimum absolute atomic E-state index is 0.0620. The molecule has 0 bridgehead atoms. The average Bonchev–Trinajstić information content (AvgIpc) is 3.41. The lowest BCUT2D eigenvalue weighted by Gasteiger charge is -2.39. The van der Waals surface area contributed by atoms with Crippen molar-refractivity contribution < 1.29 is 19.2 Å². The van der Waals surface area contributed by atoms with Crippen LogP contribution in [0.3, 0.4) is 0 Å². The first kappa shape index (κ1) is 20.3. The lowest BCUT2D eigenvalue weighted by Crippen LogP contribution is -2.56. The number of halogens is 4. The number of carbonyl (C=O) groups excluding carboxylic acids is 4. The van der Waals surface area contributed by atoms with Crippen LogP contribution in [0.5, 0.6) is 0 Å². The Balaban J connectivity index is 1.75. The molecule has 12 heteroatoms. The Kier molecular flexibility index (Phi) is 5.35. The van der Waals surface area contributed by atoms with E-state index in [0.29, 0.717) is 12.8 Å². The number of carbonyl (C=O) groups is 4. The van der Waals surface area contributed by atoms with E-state index in [0.717, 1.165) is 0 Å². The van der Waals surface area contributed by atoms with Crippen molar-refractivity contribution in [1.82, 2.24) is 20.0 Å². The van der Waals surface area contributed by atoms with E-state index in [2.05, 4.69) is 0 Å². The highest BCUT2D eigenvalue weighted by Crippen LogP contribution is 2.59. The second-order valence-electron chi connectivity index (χ2n) is 7.38. The third-order valence-corrected chi connectivity index (χ3v) is 7.30. The molecule has 2 unspecified atom stereocenters. The van der Waals surface area contributed by atoms with Gasteiger partial charge in [-0.15, -0.1) is 46.4 Å². The van der Waals surface area contributed by atoms with Gasteiger partial charge in [0.2, 0.25) is 0 Å². The Morgan fingerprint density at radius 3 is 0.929 bits per heavy atom. The molecular formula is C16H18Cl4N4O4. The Labute approximate surface area is 181 Å².